The summed E-state index contributed by atoms with van der Waals surface area (Å²) in [6, 6.07) is 8.91. The highest BCUT2D eigenvalue weighted by atomic mass is 16.5. The largest absolute Gasteiger partial charge is 0.488 e. The molecule has 0 spiro atoms. The topological polar surface area (TPSA) is 21.3 Å². The van der Waals surface area contributed by atoms with E-state index in [0.717, 1.165) is 18.7 Å². The number of allylic oxidation sites excluding steroid dienone is 1. The van der Waals surface area contributed by atoms with E-state index >= 15 is 0 Å². The van der Waals surface area contributed by atoms with Gasteiger partial charge in [0, 0.05) is 19.0 Å². The van der Waals surface area contributed by atoms with E-state index in [1.807, 2.05) is 6.07 Å². The van der Waals surface area contributed by atoms with Gasteiger partial charge in [0.15, 0.2) is 0 Å². The average Bonchev–Trinajstić information content (AvgIpc) is 2.80. The normalized spacial score (nSPS) is 26.6. The number of hydrogen-bond donors (Lipinski definition) is 1. The Hall–Kier alpha value is -1.28. The third kappa shape index (κ3) is 2.52. The smallest absolute Gasteiger partial charge is 0.123 e. The van der Waals surface area contributed by atoms with Crippen LogP contribution in [0.5, 0.6) is 5.75 Å². The molecule has 17 heavy (non-hydrogen) atoms. The number of ether oxygens (including phenoxy) is 1. The van der Waals surface area contributed by atoms with E-state index in [1.165, 1.54) is 24.8 Å². The first kappa shape index (κ1) is 10.8. The summed E-state index contributed by atoms with van der Waals surface area (Å²) in [4.78, 5) is 0. The summed E-state index contributed by atoms with van der Waals surface area (Å²) in [7, 11) is 0. The molecule has 1 N–H and O–H groups in total. The van der Waals surface area contributed by atoms with E-state index in [9.17, 15) is 0 Å². The first-order valence-electron chi connectivity index (χ1n) is 6.56. The molecular weight excluding hydrogens is 210 g/mol. The van der Waals surface area contributed by atoms with Crippen molar-refractivity contribution in [3.8, 4) is 5.75 Å². The van der Waals surface area contributed by atoms with Crippen molar-refractivity contribution in [3.05, 3.63) is 42.0 Å². The zero-order valence-electron chi connectivity index (χ0n) is 10.1. The van der Waals surface area contributed by atoms with Gasteiger partial charge < -0.3 is 10.1 Å². The lowest BCUT2D eigenvalue weighted by Crippen LogP contribution is -2.37. The average molecular weight is 229 g/mol. The van der Waals surface area contributed by atoms with Crippen LogP contribution in [0.15, 0.2) is 36.4 Å². The van der Waals surface area contributed by atoms with Gasteiger partial charge in [-0.3, -0.25) is 0 Å². The minimum absolute atomic E-state index is 0.308. The highest BCUT2D eigenvalue weighted by Crippen LogP contribution is 2.27. The zero-order chi connectivity index (χ0) is 11.5. The van der Waals surface area contributed by atoms with Crippen molar-refractivity contribution < 1.29 is 4.74 Å². The van der Waals surface area contributed by atoms with E-state index in [0.29, 0.717) is 12.1 Å². The molecule has 0 amide bonds. The Morgan fingerprint density at radius 2 is 2.24 bits per heavy atom. The summed E-state index contributed by atoms with van der Waals surface area (Å²) in [5, 5.41) is 3.59. The molecule has 1 aromatic rings. The van der Waals surface area contributed by atoms with Crippen molar-refractivity contribution >= 4 is 0 Å². The fourth-order valence-corrected chi connectivity index (χ4v) is 2.63. The highest BCUT2D eigenvalue weighted by Gasteiger charge is 2.22. The maximum atomic E-state index is 5.91. The molecule has 2 nitrogen and oxygen atoms in total. The highest BCUT2D eigenvalue weighted by molar-refractivity contribution is 5.37. The fraction of sp³-hybridized carbons (Fsp3) is 0.467. The van der Waals surface area contributed by atoms with Crippen LogP contribution in [-0.2, 0) is 6.42 Å². The van der Waals surface area contributed by atoms with Gasteiger partial charge in [-0.2, -0.15) is 0 Å². The predicted octanol–water partition coefficient (Wildman–Crippen LogP) is 2.69. The molecule has 0 radical (unpaired) electrons. The minimum atomic E-state index is 0.308. The quantitative estimate of drug-likeness (QED) is 0.805. The molecule has 0 fully saturated rings. The van der Waals surface area contributed by atoms with Crippen LogP contribution in [0.1, 0.15) is 24.8 Å². The van der Waals surface area contributed by atoms with Gasteiger partial charge in [0.05, 0.1) is 0 Å². The third-order valence-electron chi connectivity index (χ3n) is 3.58. The van der Waals surface area contributed by atoms with Gasteiger partial charge >= 0.3 is 0 Å². The summed E-state index contributed by atoms with van der Waals surface area (Å²) in [6.07, 6.45) is 9.73. The third-order valence-corrected chi connectivity index (χ3v) is 3.58. The van der Waals surface area contributed by atoms with Crippen LogP contribution in [0.25, 0.3) is 0 Å². The molecule has 2 heteroatoms. The van der Waals surface area contributed by atoms with E-state index in [2.05, 4.69) is 35.7 Å². The van der Waals surface area contributed by atoms with Crippen LogP contribution in [-0.4, -0.2) is 18.7 Å². The van der Waals surface area contributed by atoms with Crippen LogP contribution >= 0.6 is 0 Å². The number of rotatable bonds is 3. The Kier molecular flexibility index (Phi) is 3.14. The van der Waals surface area contributed by atoms with Gasteiger partial charge in [0.25, 0.3) is 0 Å². The van der Waals surface area contributed by atoms with Crippen LogP contribution < -0.4 is 10.1 Å². The minimum Gasteiger partial charge on any atom is -0.488 e. The SMILES string of the molecule is C1=CC(NCC2Cc3ccccc3O2)CCC1. The van der Waals surface area contributed by atoms with Crippen LogP contribution in [0, 0.1) is 0 Å². The second-order valence-corrected chi connectivity index (χ2v) is 4.93. The second kappa shape index (κ2) is 4.92. The first-order valence-corrected chi connectivity index (χ1v) is 6.56. The van der Waals surface area contributed by atoms with Crippen molar-refractivity contribution in [3.63, 3.8) is 0 Å². The standard InChI is InChI=1S/C15H19NO/c1-2-7-13(8-3-1)16-11-14-10-12-6-4-5-9-15(12)17-14/h2,4-7,9,13-14,16H,1,3,8,10-11H2. The van der Waals surface area contributed by atoms with E-state index in [4.69, 9.17) is 4.74 Å². The van der Waals surface area contributed by atoms with Crippen molar-refractivity contribution in [1.82, 2.24) is 5.32 Å². The molecule has 0 saturated carbocycles. The molecule has 1 aliphatic heterocycles. The summed E-state index contributed by atoms with van der Waals surface area (Å²) in [5.41, 5.74) is 1.35. The molecule has 3 rings (SSSR count). The predicted molar refractivity (Wildman–Crippen MR) is 69.3 cm³/mol. The van der Waals surface area contributed by atoms with Crippen molar-refractivity contribution in [2.75, 3.05) is 6.54 Å². The Bertz CT molecular complexity index is 388. The molecule has 90 valence electrons. The molecule has 0 saturated heterocycles. The van der Waals surface area contributed by atoms with Gasteiger partial charge in [0.2, 0.25) is 0 Å². The zero-order valence-corrected chi connectivity index (χ0v) is 10.1. The van der Waals surface area contributed by atoms with Gasteiger partial charge in [-0.1, -0.05) is 30.4 Å². The molecule has 1 heterocycles. The molecular formula is C15H19NO. The maximum absolute atomic E-state index is 5.91. The lowest BCUT2D eigenvalue weighted by molar-refractivity contribution is 0.223. The van der Waals surface area contributed by atoms with Gasteiger partial charge in [-0.15, -0.1) is 0 Å². The van der Waals surface area contributed by atoms with Crippen LogP contribution in [0.2, 0.25) is 0 Å². The number of para-hydroxylation sites is 1. The monoisotopic (exact) mass is 229 g/mol. The number of hydrogen-bond acceptors (Lipinski definition) is 2. The summed E-state index contributed by atoms with van der Waals surface area (Å²) in [5.74, 6) is 1.07. The molecule has 2 atom stereocenters. The van der Waals surface area contributed by atoms with Crippen molar-refractivity contribution in [2.45, 2.75) is 37.8 Å². The Morgan fingerprint density at radius 3 is 3.06 bits per heavy atom. The molecule has 2 unspecified atom stereocenters. The van der Waals surface area contributed by atoms with E-state index in [-0.39, 0.29) is 0 Å². The number of benzene rings is 1. The Morgan fingerprint density at radius 1 is 1.29 bits per heavy atom. The maximum Gasteiger partial charge on any atom is 0.123 e. The number of nitrogens with one attached hydrogen (secondary N) is 1. The van der Waals surface area contributed by atoms with Crippen molar-refractivity contribution in [1.29, 1.82) is 0 Å². The molecule has 1 aliphatic carbocycles. The molecule has 1 aromatic carbocycles. The Balaban J connectivity index is 1.52. The lowest BCUT2D eigenvalue weighted by atomic mass is 10.0. The van der Waals surface area contributed by atoms with Gasteiger partial charge in [-0.25, -0.2) is 0 Å². The second-order valence-electron chi connectivity index (χ2n) is 4.93. The van der Waals surface area contributed by atoms with Crippen LogP contribution in [0.4, 0.5) is 0 Å². The van der Waals surface area contributed by atoms with E-state index < -0.39 is 0 Å². The molecule has 0 aromatic heterocycles. The van der Waals surface area contributed by atoms with Gasteiger partial charge in [0.1, 0.15) is 11.9 Å². The summed E-state index contributed by atoms with van der Waals surface area (Å²) >= 11 is 0. The first-order chi connectivity index (χ1) is 8.42. The fourth-order valence-electron chi connectivity index (χ4n) is 2.63. The summed E-state index contributed by atoms with van der Waals surface area (Å²) in [6.45, 7) is 0.948. The number of fused-ring (bicyclic) bond motifs is 1. The Labute approximate surface area is 103 Å². The van der Waals surface area contributed by atoms with Crippen LogP contribution in [0.3, 0.4) is 0 Å². The summed E-state index contributed by atoms with van der Waals surface area (Å²) < 4.78 is 5.91. The van der Waals surface area contributed by atoms with Crippen molar-refractivity contribution in [2.24, 2.45) is 0 Å². The van der Waals surface area contributed by atoms with E-state index in [1.54, 1.807) is 0 Å². The lowest BCUT2D eigenvalue weighted by Gasteiger charge is -2.20. The molecule has 2 aliphatic rings. The molecule has 0 bridgehead atoms. The van der Waals surface area contributed by atoms with Gasteiger partial charge in [-0.05, 0) is 30.9 Å².